The second-order valence-electron chi connectivity index (χ2n) is 8.00. The number of nitrogens with zero attached hydrogens (tertiary/aromatic N) is 2. The molecule has 9 nitrogen and oxygen atoms in total. The van der Waals surface area contributed by atoms with Gasteiger partial charge in [-0.15, -0.1) is 0 Å². The van der Waals surface area contributed by atoms with Crippen molar-refractivity contribution in [2.24, 2.45) is 0 Å². The van der Waals surface area contributed by atoms with E-state index in [1.54, 1.807) is 24.5 Å². The minimum atomic E-state index is -1.43. The maximum atomic E-state index is 15.2. The first-order chi connectivity index (χ1) is 15.1. The summed E-state index contributed by atoms with van der Waals surface area (Å²) in [6.45, 7) is 4.17. The van der Waals surface area contributed by atoms with Gasteiger partial charge < -0.3 is 30.8 Å². The largest absolute Gasteiger partial charge is 0.487 e. The van der Waals surface area contributed by atoms with Gasteiger partial charge in [-0.2, -0.15) is 4.39 Å². The molecule has 0 aliphatic carbocycles. The highest BCUT2D eigenvalue weighted by Gasteiger charge is 2.35. The molecule has 5 N–H and O–H groups in total. The van der Waals surface area contributed by atoms with Gasteiger partial charge >= 0.3 is 5.97 Å². The number of carboxylic acid groups (broad SMARTS) is 1. The van der Waals surface area contributed by atoms with E-state index in [0.29, 0.717) is 5.82 Å². The molecule has 0 saturated heterocycles. The van der Waals surface area contributed by atoms with Crippen LogP contribution in [0.1, 0.15) is 24.2 Å². The number of anilines is 3. The van der Waals surface area contributed by atoms with E-state index >= 15 is 4.39 Å². The summed E-state index contributed by atoms with van der Waals surface area (Å²) < 4.78 is 35.8. The quantitative estimate of drug-likeness (QED) is 0.259. The molecule has 0 atom stereocenters. The van der Waals surface area contributed by atoms with Crippen molar-refractivity contribution >= 4 is 34.1 Å². The molecule has 2 aromatic heterocycles. The van der Waals surface area contributed by atoms with E-state index in [4.69, 9.17) is 10.5 Å². The topological polar surface area (TPSA) is 132 Å². The van der Waals surface area contributed by atoms with E-state index in [9.17, 15) is 19.1 Å². The first-order valence-corrected chi connectivity index (χ1v) is 9.79. The highest BCUT2D eigenvalue weighted by molar-refractivity contribution is 6.03. The number of carboxylic acids is 1. The molecule has 0 bridgehead atoms. The van der Waals surface area contributed by atoms with Gasteiger partial charge in [0.15, 0.2) is 11.6 Å². The summed E-state index contributed by atoms with van der Waals surface area (Å²) in [5.74, 6) is -2.58. The number of carbonyl (C=O) groups is 1. The lowest BCUT2D eigenvalue weighted by molar-refractivity contribution is 0.0693. The third-order valence-electron chi connectivity index (χ3n) is 5.28. The zero-order valence-corrected chi connectivity index (χ0v) is 17.3. The first kappa shape index (κ1) is 21.3. The van der Waals surface area contributed by atoms with Gasteiger partial charge in [0.25, 0.3) is 0 Å². The van der Waals surface area contributed by atoms with E-state index in [2.05, 4.69) is 15.6 Å². The Labute approximate surface area is 180 Å². The average molecular weight is 445 g/mol. The highest BCUT2D eigenvalue weighted by Crippen LogP contribution is 2.44. The van der Waals surface area contributed by atoms with Crippen LogP contribution in [0.3, 0.4) is 0 Å². The lowest BCUT2D eigenvalue weighted by Gasteiger charge is -2.36. The standard InChI is InChI=1S/C21H21F2N5O4/c1-21(2)9-32-19-16(26-7-6-25-12-5-3-4-11(22)27-12)14(23)15(24)13-17(19)28(21)8-10(18(13)29)20(30)31/h3-5,8,26H,6-7,9,24H2,1-2H3,(H,25,27)(H,30,31). The predicted octanol–water partition coefficient (Wildman–Crippen LogP) is 2.61. The lowest BCUT2D eigenvalue weighted by Crippen LogP contribution is -2.39. The smallest absolute Gasteiger partial charge is 0.341 e. The van der Waals surface area contributed by atoms with Crippen LogP contribution in [0.25, 0.3) is 10.9 Å². The van der Waals surface area contributed by atoms with Crippen LogP contribution in [-0.4, -0.2) is 40.3 Å². The fourth-order valence-corrected chi connectivity index (χ4v) is 3.68. The Morgan fingerprint density at radius 1 is 1.31 bits per heavy atom. The SMILES string of the molecule is CC1(C)COc2c(NCCNc3cccc(F)n3)c(F)c(N)c3c(=O)c(C(=O)O)cn1c23. The van der Waals surface area contributed by atoms with Crippen LogP contribution in [-0.2, 0) is 5.54 Å². The minimum Gasteiger partial charge on any atom is -0.487 e. The van der Waals surface area contributed by atoms with Gasteiger partial charge in [-0.05, 0) is 26.0 Å². The molecule has 168 valence electrons. The Morgan fingerprint density at radius 2 is 2.03 bits per heavy atom. The molecule has 0 saturated carbocycles. The molecule has 32 heavy (non-hydrogen) atoms. The second kappa shape index (κ2) is 7.66. The van der Waals surface area contributed by atoms with Crippen molar-refractivity contribution in [2.75, 3.05) is 36.1 Å². The molecule has 0 fully saturated rings. The average Bonchev–Trinajstić information content (AvgIpc) is 2.72. The number of pyridine rings is 2. The van der Waals surface area contributed by atoms with E-state index in [1.807, 2.05) is 0 Å². The van der Waals surface area contributed by atoms with Gasteiger partial charge in [0.2, 0.25) is 11.4 Å². The third kappa shape index (κ3) is 3.45. The molecule has 3 heterocycles. The number of ether oxygens (including phenoxy) is 1. The van der Waals surface area contributed by atoms with Gasteiger partial charge in [-0.25, -0.2) is 14.2 Å². The highest BCUT2D eigenvalue weighted by atomic mass is 19.1. The van der Waals surface area contributed by atoms with Gasteiger partial charge in [-0.3, -0.25) is 4.79 Å². The Bertz CT molecular complexity index is 1310. The van der Waals surface area contributed by atoms with Crippen LogP contribution < -0.4 is 26.5 Å². The summed E-state index contributed by atoms with van der Waals surface area (Å²) >= 11 is 0. The third-order valence-corrected chi connectivity index (χ3v) is 5.28. The molecular formula is C21H21F2N5O4. The summed E-state index contributed by atoms with van der Waals surface area (Å²) in [7, 11) is 0. The van der Waals surface area contributed by atoms with Crippen LogP contribution in [0.15, 0.2) is 29.2 Å². The summed E-state index contributed by atoms with van der Waals surface area (Å²) in [6, 6.07) is 4.31. The van der Waals surface area contributed by atoms with Crippen molar-refractivity contribution in [2.45, 2.75) is 19.4 Å². The maximum absolute atomic E-state index is 15.2. The van der Waals surface area contributed by atoms with Crippen LogP contribution in [0.5, 0.6) is 5.75 Å². The van der Waals surface area contributed by atoms with Crippen LogP contribution in [0, 0.1) is 11.8 Å². The van der Waals surface area contributed by atoms with Gasteiger partial charge in [0.05, 0.1) is 22.1 Å². The molecule has 0 amide bonds. The summed E-state index contributed by atoms with van der Waals surface area (Å²) in [4.78, 5) is 28.1. The minimum absolute atomic E-state index is 0.0456. The van der Waals surface area contributed by atoms with Crippen LogP contribution in [0.2, 0.25) is 0 Å². The van der Waals surface area contributed by atoms with Crippen molar-refractivity contribution < 1.29 is 23.4 Å². The molecule has 1 aromatic carbocycles. The van der Waals surface area contributed by atoms with E-state index < -0.39 is 40.0 Å². The first-order valence-electron chi connectivity index (χ1n) is 9.79. The molecule has 4 rings (SSSR count). The Kier molecular flexibility index (Phi) is 5.11. The summed E-state index contributed by atoms with van der Waals surface area (Å²) in [5, 5.41) is 15.0. The number of hydrogen-bond donors (Lipinski definition) is 4. The van der Waals surface area contributed by atoms with Crippen molar-refractivity contribution in [3.05, 3.63) is 51.9 Å². The van der Waals surface area contributed by atoms with Crippen molar-refractivity contribution in [3.63, 3.8) is 0 Å². The van der Waals surface area contributed by atoms with Crippen molar-refractivity contribution in [1.29, 1.82) is 0 Å². The Balaban J connectivity index is 1.76. The molecule has 11 heteroatoms. The Hall–Kier alpha value is -3.89. The molecular weight excluding hydrogens is 424 g/mol. The van der Waals surface area contributed by atoms with Crippen LogP contribution >= 0.6 is 0 Å². The van der Waals surface area contributed by atoms with E-state index in [-0.39, 0.29) is 42.0 Å². The summed E-state index contributed by atoms with van der Waals surface area (Å²) in [6.07, 6.45) is 1.23. The molecule has 3 aromatic rings. The fourth-order valence-electron chi connectivity index (χ4n) is 3.68. The predicted molar refractivity (Wildman–Crippen MR) is 116 cm³/mol. The maximum Gasteiger partial charge on any atom is 0.341 e. The van der Waals surface area contributed by atoms with E-state index in [0.717, 1.165) is 0 Å². The number of halogens is 2. The number of nitrogens with two attached hydrogens (primary N) is 1. The number of rotatable bonds is 6. The number of nitrogen functional groups attached to an aromatic ring is 1. The number of aromatic nitrogens is 2. The Morgan fingerprint density at radius 3 is 2.72 bits per heavy atom. The number of aromatic carboxylic acids is 1. The molecule has 0 spiro atoms. The van der Waals surface area contributed by atoms with Gasteiger partial charge in [0, 0.05) is 19.3 Å². The number of nitrogens with one attached hydrogen (secondary N) is 2. The monoisotopic (exact) mass is 445 g/mol. The fraction of sp³-hybridized carbons (Fsp3) is 0.286. The zero-order valence-electron chi connectivity index (χ0n) is 17.3. The number of benzene rings is 1. The van der Waals surface area contributed by atoms with Crippen LogP contribution in [0.4, 0.5) is 26.0 Å². The van der Waals surface area contributed by atoms with Crippen molar-refractivity contribution in [3.8, 4) is 5.75 Å². The van der Waals surface area contributed by atoms with Crippen molar-refractivity contribution in [1.82, 2.24) is 9.55 Å². The molecule has 1 aliphatic rings. The summed E-state index contributed by atoms with van der Waals surface area (Å²) in [5.41, 5.74) is 3.58. The molecule has 0 unspecified atom stereocenters. The molecule has 1 aliphatic heterocycles. The second-order valence-corrected chi connectivity index (χ2v) is 8.00. The van der Waals surface area contributed by atoms with E-state index in [1.165, 1.54) is 18.3 Å². The zero-order chi connectivity index (χ0) is 23.2. The van der Waals surface area contributed by atoms with Gasteiger partial charge in [0.1, 0.15) is 23.7 Å². The lowest BCUT2D eigenvalue weighted by atomic mass is 9.98. The van der Waals surface area contributed by atoms with Gasteiger partial charge in [-0.1, -0.05) is 6.07 Å². The molecule has 0 radical (unpaired) electrons. The number of hydrogen-bond acceptors (Lipinski definition) is 7. The normalized spacial score (nSPS) is 14.1.